The number of hydrogen-bond donors (Lipinski definition) is 1. The van der Waals surface area contributed by atoms with Crippen LogP contribution in [0.3, 0.4) is 0 Å². The first-order chi connectivity index (χ1) is 10.1. The molecule has 1 amide bonds. The third-order valence-electron chi connectivity index (χ3n) is 3.26. The van der Waals surface area contributed by atoms with Crippen LogP contribution in [0.4, 0.5) is 4.39 Å². The average molecular weight is 295 g/mol. The first-order valence-electron chi connectivity index (χ1n) is 7.23. The normalized spacial score (nSPS) is 11.8. The Hall–Kier alpha value is -1.91. The number of unbranched alkanes of at least 4 members (excludes halogenated alkanes) is 3. The van der Waals surface area contributed by atoms with Crippen LogP contribution >= 0.6 is 0 Å². The number of rotatable bonds is 8. The molecular formula is C16H22FNO3. The van der Waals surface area contributed by atoms with E-state index in [9.17, 15) is 14.0 Å². The molecule has 0 saturated carbocycles. The van der Waals surface area contributed by atoms with Crippen molar-refractivity contribution in [3.8, 4) is 0 Å². The zero-order valence-electron chi connectivity index (χ0n) is 12.5. The number of amides is 1. The topological polar surface area (TPSA) is 55.4 Å². The second kappa shape index (κ2) is 9.10. The van der Waals surface area contributed by atoms with Crippen molar-refractivity contribution in [2.24, 2.45) is 0 Å². The Morgan fingerprint density at radius 2 is 1.95 bits per heavy atom. The van der Waals surface area contributed by atoms with Crippen LogP contribution in [-0.4, -0.2) is 25.0 Å². The smallest absolute Gasteiger partial charge is 0.328 e. The van der Waals surface area contributed by atoms with E-state index in [4.69, 9.17) is 0 Å². The second-order valence-corrected chi connectivity index (χ2v) is 4.88. The van der Waals surface area contributed by atoms with Crippen molar-refractivity contribution in [1.29, 1.82) is 0 Å². The van der Waals surface area contributed by atoms with E-state index in [1.165, 1.54) is 25.3 Å². The lowest BCUT2D eigenvalue weighted by Gasteiger charge is -2.16. The fraction of sp³-hybridized carbons (Fsp3) is 0.500. The average Bonchev–Trinajstić information content (AvgIpc) is 2.49. The molecule has 0 unspecified atom stereocenters. The fourth-order valence-corrected chi connectivity index (χ4v) is 2.05. The molecule has 0 spiro atoms. The highest BCUT2D eigenvalue weighted by molar-refractivity contribution is 5.96. The lowest BCUT2D eigenvalue weighted by Crippen LogP contribution is -2.41. The minimum absolute atomic E-state index is 0.0695. The molecule has 21 heavy (non-hydrogen) atoms. The van der Waals surface area contributed by atoms with E-state index in [-0.39, 0.29) is 5.56 Å². The zero-order valence-corrected chi connectivity index (χ0v) is 12.5. The highest BCUT2D eigenvalue weighted by Crippen LogP contribution is 2.10. The van der Waals surface area contributed by atoms with Crippen LogP contribution in [-0.2, 0) is 9.53 Å². The van der Waals surface area contributed by atoms with E-state index < -0.39 is 23.7 Å². The number of benzene rings is 1. The molecule has 0 fully saturated rings. The van der Waals surface area contributed by atoms with Crippen molar-refractivity contribution >= 4 is 11.9 Å². The Labute approximate surface area is 124 Å². The van der Waals surface area contributed by atoms with E-state index in [2.05, 4.69) is 17.0 Å². The molecule has 1 aromatic rings. The van der Waals surface area contributed by atoms with E-state index in [0.717, 1.165) is 25.7 Å². The Balaban J connectivity index is 2.65. The first-order valence-corrected chi connectivity index (χ1v) is 7.23. The summed E-state index contributed by atoms with van der Waals surface area (Å²) in [4.78, 5) is 23.7. The minimum atomic E-state index is -0.737. The van der Waals surface area contributed by atoms with E-state index in [1.54, 1.807) is 6.07 Å². The summed E-state index contributed by atoms with van der Waals surface area (Å²) in [6.45, 7) is 2.09. The van der Waals surface area contributed by atoms with Gasteiger partial charge in [-0.1, -0.05) is 44.7 Å². The number of carbonyl (C=O) groups excluding carboxylic acids is 2. The summed E-state index contributed by atoms with van der Waals surface area (Å²) >= 11 is 0. The maximum atomic E-state index is 13.5. The molecule has 0 aliphatic carbocycles. The number of esters is 1. The summed E-state index contributed by atoms with van der Waals surface area (Å²) in [7, 11) is 1.27. The Morgan fingerprint density at radius 1 is 1.24 bits per heavy atom. The van der Waals surface area contributed by atoms with Gasteiger partial charge >= 0.3 is 5.97 Å². The first kappa shape index (κ1) is 17.1. The molecule has 1 rings (SSSR count). The van der Waals surface area contributed by atoms with Gasteiger partial charge in [0.05, 0.1) is 12.7 Å². The monoisotopic (exact) mass is 295 g/mol. The molecule has 0 saturated heterocycles. The molecule has 0 aliphatic rings. The number of carbonyl (C=O) groups is 2. The molecule has 1 atom stereocenters. The van der Waals surface area contributed by atoms with Gasteiger partial charge in [-0.3, -0.25) is 4.79 Å². The highest BCUT2D eigenvalue weighted by Gasteiger charge is 2.22. The Morgan fingerprint density at radius 3 is 2.57 bits per heavy atom. The van der Waals surface area contributed by atoms with Gasteiger partial charge in [-0.05, 0) is 18.6 Å². The highest BCUT2D eigenvalue weighted by atomic mass is 19.1. The molecule has 116 valence electrons. The van der Waals surface area contributed by atoms with Crippen LogP contribution in [0.1, 0.15) is 49.4 Å². The molecule has 1 aromatic carbocycles. The van der Waals surface area contributed by atoms with Crippen LogP contribution in [0, 0.1) is 5.82 Å². The largest absolute Gasteiger partial charge is 0.467 e. The van der Waals surface area contributed by atoms with Crippen LogP contribution in [0.5, 0.6) is 0 Å². The zero-order chi connectivity index (χ0) is 15.7. The summed E-state index contributed by atoms with van der Waals surface area (Å²) in [5, 5.41) is 2.55. The van der Waals surface area contributed by atoms with Gasteiger partial charge in [-0.25, -0.2) is 9.18 Å². The Bertz CT molecular complexity index is 476. The summed E-state index contributed by atoms with van der Waals surface area (Å²) < 4.78 is 18.2. The molecule has 0 bridgehead atoms. The van der Waals surface area contributed by atoms with Gasteiger partial charge in [0.1, 0.15) is 11.9 Å². The lowest BCUT2D eigenvalue weighted by molar-refractivity contribution is -0.143. The summed E-state index contributed by atoms with van der Waals surface area (Å²) in [5.74, 6) is -1.71. The van der Waals surface area contributed by atoms with Crippen LogP contribution in [0.2, 0.25) is 0 Å². The van der Waals surface area contributed by atoms with Crippen molar-refractivity contribution in [2.45, 2.75) is 45.1 Å². The van der Waals surface area contributed by atoms with Gasteiger partial charge in [-0.2, -0.15) is 0 Å². The molecule has 4 nitrogen and oxygen atoms in total. The van der Waals surface area contributed by atoms with Gasteiger partial charge in [0.25, 0.3) is 5.91 Å². The Kier molecular flexibility index (Phi) is 7.43. The van der Waals surface area contributed by atoms with Crippen LogP contribution in [0.15, 0.2) is 24.3 Å². The number of nitrogens with one attached hydrogen (secondary N) is 1. The van der Waals surface area contributed by atoms with Crippen LogP contribution < -0.4 is 5.32 Å². The van der Waals surface area contributed by atoms with Crippen molar-refractivity contribution in [3.05, 3.63) is 35.6 Å². The molecular weight excluding hydrogens is 273 g/mol. The lowest BCUT2D eigenvalue weighted by atomic mass is 10.1. The van der Waals surface area contributed by atoms with Gasteiger partial charge in [0.15, 0.2) is 0 Å². The summed E-state index contributed by atoms with van der Waals surface area (Å²) in [6, 6.07) is 4.94. The van der Waals surface area contributed by atoms with Crippen LogP contribution in [0.25, 0.3) is 0 Å². The predicted molar refractivity (Wildman–Crippen MR) is 78.4 cm³/mol. The predicted octanol–water partition coefficient (Wildman–Crippen LogP) is 3.07. The van der Waals surface area contributed by atoms with E-state index in [1.807, 2.05) is 0 Å². The molecule has 1 N–H and O–H groups in total. The number of ether oxygens (including phenoxy) is 1. The maximum absolute atomic E-state index is 13.5. The maximum Gasteiger partial charge on any atom is 0.328 e. The minimum Gasteiger partial charge on any atom is -0.467 e. The van der Waals surface area contributed by atoms with Crippen molar-refractivity contribution in [2.75, 3.05) is 7.11 Å². The molecule has 0 aromatic heterocycles. The second-order valence-electron chi connectivity index (χ2n) is 4.88. The third-order valence-corrected chi connectivity index (χ3v) is 3.26. The van der Waals surface area contributed by atoms with Gasteiger partial charge in [0.2, 0.25) is 0 Å². The van der Waals surface area contributed by atoms with E-state index in [0.29, 0.717) is 6.42 Å². The number of halogens is 1. The summed E-state index contributed by atoms with van der Waals surface area (Å²) in [5.41, 5.74) is -0.0695. The van der Waals surface area contributed by atoms with Crippen molar-refractivity contribution < 1.29 is 18.7 Å². The van der Waals surface area contributed by atoms with E-state index >= 15 is 0 Å². The molecule has 0 heterocycles. The molecule has 0 radical (unpaired) electrons. The van der Waals surface area contributed by atoms with Gasteiger partial charge < -0.3 is 10.1 Å². The number of hydrogen-bond acceptors (Lipinski definition) is 3. The SMILES string of the molecule is CCCCCC[C@H](NC(=O)c1ccccc1F)C(=O)OC. The van der Waals surface area contributed by atoms with Crippen molar-refractivity contribution in [3.63, 3.8) is 0 Å². The van der Waals surface area contributed by atoms with Crippen molar-refractivity contribution in [1.82, 2.24) is 5.32 Å². The molecule has 0 aliphatic heterocycles. The fourth-order valence-electron chi connectivity index (χ4n) is 2.05. The summed E-state index contributed by atoms with van der Waals surface area (Å²) in [6.07, 6.45) is 4.46. The van der Waals surface area contributed by atoms with Gasteiger partial charge in [-0.15, -0.1) is 0 Å². The standard InChI is InChI=1S/C16H22FNO3/c1-3-4-5-6-11-14(16(20)21-2)18-15(19)12-9-7-8-10-13(12)17/h7-10,14H,3-6,11H2,1-2H3,(H,18,19)/t14-/m0/s1. The number of methoxy groups -OCH3 is 1. The third kappa shape index (κ3) is 5.53. The van der Waals surface area contributed by atoms with Gasteiger partial charge in [0, 0.05) is 0 Å². The molecule has 5 heteroatoms. The quantitative estimate of drug-likeness (QED) is 0.592.